The largest absolute Gasteiger partial charge is 0.374 e. The summed E-state index contributed by atoms with van der Waals surface area (Å²) < 4.78 is 5.72. The van der Waals surface area contributed by atoms with Crippen molar-refractivity contribution in [3.63, 3.8) is 0 Å². The van der Waals surface area contributed by atoms with Crippen LogP contribution in [0.5, 0.6) is 0 Å². The highest BCUT2D eigenvalue weighted by Crippen LogP contribution is 2.33. The Morgan fingerprint density at radius 1 is 1.29 bits per heavy atom. The minimum absolute atomic E-state index is 0.0402. The van der Waals surface area contributed by atoms with Gasteiger partial charge in [0.25, 0.3) is 0 Å². The van der Waals surface area contributed by atoms with Gasteiger partial charge in [-0.1, -0.05) is 0 Å². The van der Waals surface area contributed by atoms with Crippen LogP contribution < -0.4 is 5.32 Å². The summed E-state index contributed by atoms with van der Waals surface area (Å²) in [6.07, 6.45) is 6.12. The van der Waals surface area contributed by atoms with Gasteiger partial charge in [0.05, 0.1) is 5.60 Å². The van der Waals surface area contributed by atoms with E-state index >= 15 is 0 Å². The highest BCUT2D eigenvalue weighted by Gasteiger charge is 2.40. The van der Waals surface area contributed by atoms with Gasteiger partial charge in [-0.2, -0.15) is 11.8 Å². The molecule has 0 radical (unpaired) electrons. The normalized spacial score (nSPS) is 40.9. The first-order chi connectivity index (χ1) is 6.63. The summed E-state index contributed by atoms with van der Waals surface area (Å²) in [6.45, 7) is 5.32. The van der Waals surface area contributed by atoms with E-state index in [2.05, 4.69) is 25.4 Å². The van der Waals surface area contributed by atoms with Gasteiger partial charge in [-0.25, -0.2) is 0 Å². The van der Waals surface area contributed by atoms with Crippen LogP contribution in [0.2, 0.25) is 0 Å². The van der Waals surface area contributed by atoms with Crippen molar-refractivity contribution >= 4 is 11.8 Å². The molecule has 2 rings (SSSR count). The van der Waals surface area contributed by atoms with Crippen LogP contribution in [0.3, 0.4) is 0 Å². The molecule has 1 aliphatic carbocycles. The molecular weight excluding hydrogens is 194 g/mol. The minimum Gasteiger partial charge on any atom is -0.374 e. The molecule has 2 fully saturated rings. The van der Waals surface area contributed by atoms with Crippen LogP contribution in [0.4, 0.5) is 0 Å². The van der Waals surface area contributed by atoms with Gasteiger partial charge in [0, 0.05) is 23.9 Å². The van der Waals surface area contributed by atoms with E-state index in [1.54, 1.807) is 0 Å². The molecule has 0 aromatic carbocycles. The lowest BCUT2D eigenvalue weighted by Crippen LogP contribution is -2.55. The quantitative estimate of drug-likeness (QED) is 0.778. The molecule has 1 saturated carbocycles. The number of thioether (sulfide) groups is 1. The smallest absolute Gasteiger partial charge is 0.0779 e. The Balaban J connectivity index is 1.85. The zero-order valence-electron chi connectivity index (χ0n) is 9.38. The lowest BCUT2D eigenvalue weighted by Gasteiger charge is -2.40. The van der Waals surface area contributed by atoms with Gasteiger partial charge in [0.15, 0.2) is 0 Å². The predicted octanol–water partition coefficient (Wildman–Crippen LogP) is 2.04. The van der Waals surface area contributed by atoms with E-state index in [1.807, 2.05) is 11.8 Å². The van der Waals surface area contributed by atoms with Gasteiger partial charge in [0.1, 0.15) is 0 Å². The summed E-state index contributed by atoms with van der Waals surface area (Å²) in [6, 6.07) is 1.29. The summed E-state index contributed by atoms with van der Waals surface area (Å²) >= 11 is 2.00. The molecule has 2 aliphatic rings. The van der Waals surface area contributed by atoms with Crippen LogP contribution in [0.1, 0.15) is 33.1 Å². The predicted molar refractivity (Wildman–Crippen MR) is 61.9 cm³/mol. The molecule has 1 heterocycles. The van der Waals surface area contributed by atoms with E-state index in [0.29, 0.717) is 6.04 Å². The molecule has 0 aromatic heterocycles. The van der Waals surface area contributed by atoms with Gasteiger partial charge < -0.3 is 10.1 Å². The van der Waals surface area contributed by atoms with Gasteiger partial charge in [-0.15, -0.1) is 0 Å². The van der Waals surface area contributed by atoms with Crippen molar-refractivity contribution in [2.75, 3.05) is 12.9 Å². The molecule has 0 amide bonds. The fourth-order valence-corrected chi connectivity index (χ4v) is 3.29. The molecule has 1 saturated heterocycles. The van der Waals surface area contributed by atoms with Crippen molar-refractivity contribution in [1.82, 2.24) is 5.32 Å². The van der Waals surface area contributed by atoms with Crippen molar-refractivity contribution in [3.05, 3.63) is 0 Å². The number of rotatable bonds is 3. The second-order valence-corrected chi connectivity index (χ2v) is 5.99. The maximum atomic E-state index is 5.72. The van der Waals surface area contributed by atoms with Crippen molar-refractivity contribution in [2.45, 2.75) is 56.0 Å². The molecule has 2 nitrogen and oxygen atoms in total. The minimum atomic E-state index is 0.0402. The highest BCUT2D eigenvalue weighted by atomic mass is 32.2. The summed E-state index contributed by atoms with van der Waals surface area (Å²) in [5, 5.41) is 4.60. The second-order valence-electron chi connectivity index (χ2n) is 4.92. The molecule has 3 heteroatoms. The van der Waals surface area contributed by atoms with Crippen molar-refractivity contribution in [3.8, 4) is 0 Å². The lowest BCUT2D eigenvalue weighted by atomic mass is 9.89. The van der Waals surface area contributed by atoms with Crippen molar-refractivity contribution in [1.29, 1.82) is 0 Å². The average Bonchev–Trinajstić information content (AvgIpc) is 2.40. The van der Waals surface area contributed by atoms with Crippen LogP contribution in [-0.2, 0) is 4.74 Å². The molecule has 0 aromatic rings. The van der Waals surface area contributed by atoms with Gasteiger partial charge in [0.2, 0.25) is 0 Å². The fourth-order valence-electron chi connectivity index (χ4n) is 2.37. The second kappa shape index (κ2) is 4.03. The fraction of sp³-hybridized carbons (Fsp3) is 1.00. The maximum Gasteiger partial charge on any atom is 0.0779 e. The van der Waals surface area contributed by atoms with E-state index in [4.69, 9.17) is 4.74 Å². The van der Waals surface area contributed by atoms with Crippen LogP contribution in [0.15, 0.2) is 0 Å². The molecule has 0 bridgehead atoms. The Morgan fingerprint density at radius 3 is 2.50 bits per heavy atom. The van der Waals surface area contributed by atoms with Crippen LogP contribution in [0.25, 0.3) is 0 Å². The number of hydrogen-bond donors (Lipinski definition) is 1. The third kappa shape index (κ3) is 1.95. The highest BCUT2D eigenvalue weighted by molar-refractivity contribution is 7.99. The standard InChI is InChI=1S/C11H21NOS/c1-11(2)10(6-7-13-11)12-8-4-5-9(8)14-3/h8-10,12H,4-7H2,1-3H3. The first-order valence-electron chi connectivity index (χ1n) is 5.56. The molecular formula is C11H21NOS. The van der Waals surface area contributed by atoms with E-state index in [9.17, 15) is 0 Å². The topological polar surface area (TPSA) is 21.3 Å². The Labute approximate surface area is 91.2 Å². The Morgan fingerprint density at radius 2 is 2.07 bits per heavy atom. The zero-order chi connectivity index (χ0) is 10.2. The first kappa shape index (κ1) is 10.8. The molecule has 1 aliphatic heterocycles. The SMILES string of the molecule is CSC1CCC1NC1CCOC1(C)C. The Kier molecular flexibility index (Phi) is 3.10. The molecule has 14 heavy (non-hydrogen) atoms. The van der Waals surface area contributed by atoms with Crippen LogP contribution in [-0.4, -0.2) is 35.8 Å². The summed E-state index contributed by atoms with van der Waals surface area (Å²) in [5.74, 6) is 0. The molecule has 0 spiro atoms. The lowest BCUT2D eigenvalue weighted by molar-refractivity contribution is 0.0176. The van der Waals surface area contributed by atoms with Gasteiger partial charge >= 0.3 is 0 Å². The molecule has 1 N–H and O–H groups in total. The average molecular weight is 215 g/mol. The van der Waals surface area contributed by atoms with E-state index in [1.165, 1.54) is 19.3 Å². The summed E-state index contributed by atoms with van der Waals surface area (Å²) in [5.41, 5.74) is 0.0402. The van der Waals surface area contributed by atoms with Gasteiger partial charge in [-0.05, 0) is 39.4 Å². The van der Waals surface area contributed by atoms with Crippen LogP contribution >= 0.6 is 11.8 Å². The third-order valence-corrected chi connectivity index (χ3v) is 4.82. The number of hydrogen-bond acceptors (Lipinski definition) is 3. The van der Waals surface area contributed by atoms with Gasteiger partial charge in [-0.3, -0.25) is 0 Å². The van der Waals surface area contributed by atoms with E-state index in [0.717, 1.165) is 17.9 Å². The third-order valence-electron chi connectivity index (χ3n) is 3.65. The monoisotopic (exact) mass is 215 g/mol. The van der Waals surface area contributed by atoms with Crippen LogP contribution in [0, 0.1) is 0 Å². The number of nitrogens with one attached hydrogen (secondary N) is 1. The Bertz CT molecular complexity index is 205. The molecule has 82 valence electrons. The summed E-state index contributed by atoms with van der Waals surface area (Å²) in [7, 11) is 0. The first-order valence-corrected chi connectivity index (χ1v) is 6.85. The van der Waals surface area contributed by atoms with Crippen molar-refractivity contribution < 1.29 is 4.74 Å². The zero-order valence-corrected chi connectivity index (χ0v) is 10.2. The number of ether oxygens (including phenoxy) is 1. The van der Waals surface area contributed by atoms with E-state index in [-0.39, 0.29) is 5.60 Å². The molecule has 3 unspecified atom stereocenters. The summed E-state index contributed by atoms with van der Waals surface area (Å²) in [4.78, 5) is 0. The maximum absolute atomic E-state index is 5.72. The Hall–Kier alpha value is 0.270. The van der Waals surface area contributed by atoms with E-state index < -0.39 is 0 Å². The molecule has 3 atom stereocenters. The van der Waals surface area contributed by atoms with Crippen molar-refractivity contribution in [2.24, 2.45) is 0 Å².